The predicted molar refractivity (Wildman–Crippen MR) is 119 cm³/mol. The van der Waals surface area contributed by atoms with Crippen molar-refractivity contribution in [3.63, 3.8) is 0 Å². The van der Waals surface area contributed by atoms with Crippen molar-refractivity contribution in [3.05, 3.63) is 70.7 Å². The molecule has 4 nitrogen and oxygen atoms in total. The molecule has 0 fully saturated rings. The Morgan fingerprint density at radius 3 is 2.84 bits per heavy atom. The van der Waals surface area contributed by atoms with Crippen LogP contribution in [0.25, 0.3) is 32.8 Å². The van der Waals surface area contributed by atoms with Crippen molar-refractivity contribution in [2.24, 2.45) is 0 Å². The number of halogens is 1. The average molecular weight is 415 g/mol. The number of carbonyl (C=O) groups is 1. The van der Waals surface area contributed by atoms with Gasteiger partial charge in [0.1, 0.15) is 11.6 Å². The molecule has 3 aromatic carbocycles. The van der Waals surface area contributed by atoms with E-state index >= 15 is 0 Å². The van der Waals surface area contributed by atoms with Crippen LogP contribution in [-0.2, 0) is 24.1 Å². The molecule has 5 heteroatoms. The maximum atomic E-state index is 14.9. The monoisotopic (exact) mass is 415 g/mol. The fourth-order valence-corrected chi connectivity index (χ4v) is 4.71. The zero-order valence-corrected chi connectivity index (χ0v) is 17.5. The predicted octanol–water partition coefficient (Wildman–Crippen LogP) is 5.63. The number of carboxylic acid groups (broad SMARTS) is 1. The van der Waals surface area contributed by atoms with Crippen molar-refractivity contribution in [1.29, 1.82) is 0 Å². The van der Waals surface area contributed by atoms with Gasteiger partial charge in [0.05, 0.1) is 18.5 Å². The maximum Gasteiger partial charge on any atom is 0.307 e. The molecular weight excluding hydrogens is 393 g/mol. The van der Waals surface area contributed by atoms with Crippen LogP contribution in [-0.4, -0.2) is 22.7 Å². The molecule has 1 N–H and O–H groups in total. The van der Waals surface area contributed by atoms with Gasteiger partial charge >= 0.3 is 5.97 Å². The van der Waals surface area contributed by atoms with Crippen LogP contribution < -0.4 is 4.74 Å². The van der Waals surface area contributed by atoms with Crippen molar-refractivity contribution in [3.8, 4) is 16.9 Å². The highest BCUT2D eigenvalue weighted by Gasteiger charge is 2.22. The molecule has 0 radical (unpaired) electrons. The smallest absolute Gasteiger partial charge is 0.307 e. The lowest BCUT2D eigenvalue weighted by Crippen LogP contribution is -2.10. The van der Waals surface area contributed by atoms with Crippen molar-refractivity contribution in [2.45, 2.75) is 33.1 Å². The lowest BCUT2D eigenvalue weighted by Gasteiger charge is -2.22. The first kappa shape index (κ1) is 19.5. The van der Waals surface area contributed by atoms with Gasteiger partial charge in [-0.05, 0) is 82.3 Å². The number of aliphatic carboxylic acids is 1. The number of ether oxygens (including phenoxy) is 1. The van der Waals surface area contributed by atoms with Gasteiger partial charge in [0.2, 0.25) is 0 Å². The molecule has 1 aliphatic rings. The van der Waals surface area contributed by atoms with E-state index in [9.17, 15) is 14.3 Å². The van der Waals surface area contributed by atoms with Gasteiger partial charge in [-0.2, -0.15) is 0 Å². The van der Waals surface area contributed by atoms with E-state index in [1.807, 2.05) is 44.2 Å². The summed E-state index contributed by atoms with van der Waals surface area (Å²) >= 11 is 0. The number of aryl methyl sites for hydroxylation is 2. The summed E-state index contributed by atoms with van der Waals surface area (Å²) in [4.78, 5) is 16.4. The SMILES string of the molecule is CCc1cc2cc(C)c(CC(=O)O)c(-c3ccc4c5c(ccnc35)CCO4)c2cc1F. The number of carboxylic acids is 1. The summed E-state index contributed by atoms with van der Waals surface area (Å²) in [6.45, 7) is 4.46. The standard InChI is InChI=1S/C26H22FNO3/c1-3-15-11-17-10-14(2)19(13-23(29)30)25(20(17)12-21(15)27)18-4-5-22-24-16(7-9-31-22)6-8-28-26(18)24/h4-6,8,10-12H,3,7,9,13H2,1-2H3,(H,29,30). The molecule has 1 aliphatic heterocycles. The summed E-state index contributed by atoms with van der Waals surface area (Å²) < 4.78 is 20.7. The largest absolute Gasteiger partial charge is 0.493 e. The van der Waals surface area contributed by atoms with E-state index in [0.717, 1.165) is 50.7 Å². The van der Waals surface area contributed by atoms with E-state index in [1.165, 1.54) is 0 Å². The first-order valence-corrected chi connectivity index (χ1v) is 10.5. The van der Waals surface area contributed by atoms with E-state index < -0.39 is 5.97 Å². The van der Waals surface area contributed by atoms with E-state index in [4.69, 9.17) is 4.74 Å². The molecular formula is C26H22FNO3. The van der Waals surface area contributed by atoms with Crippen molar-refractivity contribution < 1.29 is 19.0 Å². The average Bonchev–Trinajstić information content (AvgIpc) is 2.75. The molecule has 2 heterocycles. The maximum absolute atomic E-state index is 14.9. The highest BCUT2D eigenvalue weighted by molar-refractivity contribution is 6.08. The summed E-state index contributed by atoms with van der Waals surface area (Å²) in [6, 6.07) is 11.2. The Kier molecular flexibility index (Phi) is 4.62. The van der Waals surface area contributed by atoms with Gasteiger partial charge in [-0.1, -0.05) is 13.0 Å². The number of pyridine rings is 1. The van der Waals surface area contributed by atoms with Crippen LogP contribution in [0.5, 0.6) is 5.75 Å². The van der Waals surface area contributed by atoms with Gasteiger partial charge < -0.3 is 9.84 Å². The lowest BCUT2D eigenvalue weighted by molar-refractivity contribution is -0.136. The fourth-order valence-electron chi connectivity index (χ4n) is 4.71. The second kappa shape index (κ2) is 7.34. The minimum atomic E-state index is -0.923. The first-order valence-electron chi connectivity index (χ1n) is 10.5. The minimum Gasteiger partial charge on any atom is -0.493 e. The van der Waals surface area contributed by atoms with E-state index in [-0.39, 0.29) is 12.2 Å². The molecule has 5 rings (SSSR count). The van der Waals surface area contributed by atoms with E-state index in [1.54, 1.807) is 12.3 Å². The molecule has 1 aromatic heterocycles. The summed E-state index contributed by atoms with van der Waals surface area (Å²) in [5.74, 6) is -0.418. The number of hydrogen-bond donors (Lipinski definition) is 1. The van der Waals surface area contributed by atoms with Gasteiger partial charge in [0.25, 0.3) is 0 Å². The third-order valence-corrected chi connectivity index (χ3v) is 6.19. The van der Waals surface area contributed by atoms with Crippen LogP contribution in [0.3, 0.4) is 0 Å². The number of benzene rings is 3. The van der Waals surface area contributed by atoms with Crippen LogP contribution in [0.15, 0.2) is 42.6 Å². The third-order valence-electron chi connectivity index (χ3n) is 6.19. The molecule has 4 aromatic rings. The zero-order valence-electron chi connectivity index (χ0n) is 17.5. The number of hydrogen-bond acceptors (Lipinski definition) is 3. The first-order chi connectivity index (χ1) is 15.0. The molecule has 0 amide bonds. The van der Waals surface area contributed by atoms with Crippen LogP contribution in [0.2, 0.25) is 0 Å². The summed E-state index contributed by atoms with van der Waals surface area (Å²) in [6.07, 6.45) is 3.02. The molecule has 0 saturated carbocycles. The van der Waals surface area contributed by atoms with E-state index in [0.29, 0.717) is 29.5 Å². The van der Waals surface area contributed by atoms with Gasteiger partial charge in [-0.15, -0.1) is 0 Å². The Bertz CT molecular complexity index is 1370. The van der Waals surface area contributed by atoms with Crippen LogP contribution in [0, 0.1) is 12.7 Å². The van der Waals surface area contributed by atoms with Crippen LogP contribution in [0.1, 0.15) is 29.2 Å². The molecule has 0 unspecified atom stereocenters. The van der Waals surface area contributed by atoms with Crippen LogP contribution in [0.4, 0.5) is 4.39 Å². The molecule has 31 heavy (non-hydrogen) atoms. The molecule has 0 aliphatic carbocycles. The molecule has 156 valence electrons. The van der Waals surface area contributed by atoms with Gasteiger partial charge in [0, 0.05) is 23.6 Å². The molecule has 0 spiro atoms. The second-order valence-electron chi connectivity index (χ2n) is 8.04. The summed E-state index contributed by atoms with van der Waals surface area (Å²) in [5.41, 5.74) is 5.66. The van der Waals surface area contributed by atoms with Gasteiger partial charge in [0.15, 0.2) is 0 Å². The number of aromatic nitrogens is 1. The highest BCUT2D eigenvalue weighted by Crippen LogP contribution is 2.42. The summed E-state index contributed by atoms with van der Waals surface area (Å²) in [5, 5.41) is 12.2. The fraction of sp³-hybridized carbons (Fsp3) is 0.231. The van der Waals surface area contributed by atoms with E-state index in [2.05, 4.69) is 4.98 Å². The Labute approximate surface area is 179 Å². The second-order valence-corrected chi connectivity index (χ2v) is 8.04. The van der Waals surface area contributed by atoms with Crippen molar-refractivity contribution >= 4 is 27.6 Å². The van der Waals surface area contributed by atoms with Gasteiger partial charge in [-0.25, -0.2) is 4.39 Å². The number of fused-ring (bicyclic) bond motifs is 1. The molecule has 0 bridgehead atoms. The Hall–Kier alpha value is -3.47. The topological polar surface area (TPSA) is 59.4 Å². The zero-order chi connectivity index (χ0) is 21.7. The lowest BCUT2D eigenvalue weighted by atomic mass is 9.86. The van der Waals surface area contributed by atoms with Crippen molar-refractivity contribution in [2.75, 3.05) is 6.61 Å². The molecule has 0 saturated heterocycles. The quantitative estimate of drug-likeness (QED) is 0.469. The Balaban J connectivity index is 1.93. The molecule has 0 atom stereocenters. The summed E-state index contributed by atoms with van der Waals surface area (Å²) in [7, 11) is 0. The number of nitrogens with zero attached hydrogens (tertiary/aromatic N) is 1. The van der Waals surface area contributed by atoms with Crippen molar-refractivity contribution in [1.82, 2.24) is 4.98 Å². The highest BCUT2D eigenvalue weighted by atomic mass is 19.1. The Morgan fingerprint density at radius 1 is 1.23 bits per heavy atom. The normalized spacial score (nSPS) is 12.9. The van der Waals surface area contributed by atoms with Gasteiger partial charge in [-0.3, -0.25) is 9.78 Å². The number of rotatable bonds is 4. The minimum absolute atomic E-state index is 0.145. The van der Waals surface area contributed by atoms with Crippen LogP contribution >= 0.6 is 0 Å². The Morgan fingerprint density at radius 2 is 2.06 bits per heavy atom. The third kappa shape index (κ3) is 3.12.